The number of methoxy groups -OCH3 is 1. The molecule has 0 saturated carbocycles. The first-order valence-electron chi connectivity index (χ1n) is 14.9. The van der Waals surface area contributed by atoms with E-state index in [1.54, 1.807) is 7.11 Å². The second kappa shape index (κ2) is 18.0. The second-order valence-electron chi connectivity index (χ2n) is 9.72. The minimum Gasteiger partial charge on any atom is -0.497 e. The first-order valence-corrected chi connectivity index (χ1v) is 19.1. The van der Waals surface area contributed by atoms with Gasteiger partial charge in [0.15, 0.2) is 0 Å². The van der Waals surface area contributed by atoms with Crippen LogP contribution in [0.1, 0.15) is 40.0 Å². The third-order valence-corrected chi connectivity index (χ3v) is 11.6. The molecule has 1 aliphatic heterocycles. The van der Waals surface area contributed by atoms with Gasteiger partial charge in [0.25, 0.3) is 0 Å². The second-order valence-corrected chi connectivity index (χ2v) is 15.4. The number of thioether (sulfide) groups is 1. The molecule has 42 heavy (non-hydrogen) atoms. The third-order valence-electron chi connectivity index (χ3n) is 6.80. The topological polar surface area (TPSA) is 30.9 Å². The lowest BCUT2D eigenvalue weighted by Crippen LogP contribution is -2.33. The molecule has 0 bridgehead atoms. The van der Waals surface area contributed by atoms with E-state index in [2.05, 4.69) is 62.1 Å². The smallest absolute Gasteiger partial charge is 0.143 e. The summed E-state index contributed by atoms with van der Waals surface area (Å²) in [5.41, 5.74) is 1.10. The minimum atomic E-state index is 0.714. The van der Waals surface area contributed by atoms with E-state index in [0.717, 1.165) is 51.6 Å². The van der Waals surface area contributed by atoms with Crippen LogP contribution < -0.4 is 14.2 Å². The average molecular weight is 642 g/mol. The molecule has 226 valence electrons. The van der Waals surface area contributed by atoms with Crippen molar-refractivity contribution in [2.24, 2.45) is 0 Å². The molecule has 0 aliphatic carbocycles. The molecule has 2 heterocycles. The van der Waals surface area contributed by atoms with Gasteiger partial charge in [-0.05, 0) is 97.7 Å². The Balaban J connectivity index is 0.000000612. The standard InChI is InChI=1S/C30H33NO3S2.C4H10S2/c1-3-35-29-16-15-28(36-29)27-13-7-22-21-25(32-2)12-14-26(22)30(27)34-24-10-8-23(9-11-24)33-20-19-31-17-5-4-6-18-31;1-3-5-6-4-2/h7-16,21H,3-6,17-20H2,1-2H3;3-4H2,1-2H3. The van der Waals surface area contributed by atoms with Crippen molar-refractivity contribution in [3.63, 3.8) is 0 Å². The highest BCUT2D eigenvalue weighted by Crippen LogP contribution is 2.44. The van der Waals surface area contributed by atoms with Crippen molar-refractivity contribution < 1.29 is 14.2 Å². The number of ether oxygens (including phenoxy) is 3. The Morgan fingerprint density at radius 1 is 0.762 bits per heavy atom. The maximum absolute atomic E-state index is 6.57. The molecule has 5 rings (SSSR count). The molecule has 0 N–H and O–H groups in total. The number of likely N-dealkylation sites (tertiary alicyclic amines) is 1. The first kappa shape index (κ1) is 32.9. The largest absolute Gasteiger partial charge is 0.497 e. The summed E-state index contributed by atoms with van der Waals surface area (Å²) >= 11 is 3.68. The van der Waals surface area contributed by atoms with Crippen molar-refractivity contribution >= 4 is 55.5 Å². The molecule has 0 spiro atoms. The van der Waals surface area contributed by atoms with Crippen molar-refractivity contribution in [3.05, 3.63) is 66.7 Å². The highest BCUT2D eigenvalue weighted by atomic mass is 33.1. The van der Waals surface area contributed by atoms with Crippen molar-refractivity contribution in [2.45, 2.75) is 44.2 Å². The van der Waals surface area contributed by atoms with Gasteiger partial charge >= 0.3 is 0 Å². The number of thiophene rings is 1. The van der Waals surface area contributed by atoms with Crippen LogP contribution in [0.2, 0.25) is 0 Å². The molecule has 0 amide bonds. The third kappa shape index (κ3) is 9.78. The van der Waals surface area contributed by atoms with Crippen LogP contribution >= 0.6 is 44.7 Å². The fraction of sp³-hybridized carbons (Fsp3) is 0.412. The average Bonchev–Trinajstić information content (AvgIpc) is 3.50. The number of hydrogen-bond donors (Lipinski definition) is 0. The Labute approximate surface area is 268 Å². The van der Waals surface area contributed by atoms with Crippen LogP contribution in [0.15, 0.2) is 70.9 Å². The summed E-state index contributed by atoms with van der Waals surface area (Å²) in [5, 5.41) is 2.15. The quantitative estimate of drug-likeness (QED) is 0.0815. The molecule has 4 nitrogen and oxygen atoms in total. The summed E-state index contributed by atoms with van der Waals surface area (Å²) in [6.45, 7) is 10.6. The number of hydrogen-bond acceptors (Lipinski definition) is 8. The van der Waals surface area contributed by atoms with Crippen molar-refractivity contribution in [1.82, 2.24) is 4.90 Å². The Hall–Kier alpha value is -1.97. The first-order chi connectivity index (χ1) is 20.6. The van der Waals surface area contributed by atoms with Crippen LogP contribution in [0, 0.1) is 0 Å². The highest BCUT2D eigenvalue weighted by Gasteiger charge is 2.15. The molecular formula is C34H43NO3S4. The van der Waals surface area contributed by atoms with Gasteiger partial charge in [-0.15, -0.1) is 23.1 Å². The molecule has 1 saturated heterocycles. The lowest BCUT2D eigenvalue weighted by Gasteiger charge is -2.26. The Kier molecular flexibility index (Phi) is 14.1. The predicted molar refractivity (Wildman–Crippen MR) is 189 cm³/mol. The van der Waals surface area contributed by atoms with Crippen LogP contribution in [0.4, 0.5) is 0 Å². The molecule has 1 aromatic heterocycles. The molecule has 3 aromatic carbocycles. The maximum atomic E-state index is 6.57. The normalized spacial score (nSPS) is 13.4. The molecule has 4 aromatic rings. The van der Waals surface area contributed by atoms with Crippen LogP contribution in [0.5, 0.6) is 23.0 Å². The molecule has 0 unspecified atom stereocenters. The van der Waals surface area contributed by atoms with Gasteiger partial charge < -0.3 is 14.2 Å². The summed E-state index contributed by atoms with van der Waals surface area (Å²) in [6.07, 6.45) is 3.97. The number of piperidine rings is 1. The van der Waals surface area contributed by atoms with Crippen LogP contribution in [0.25, 0.3) is 21.2 Å². The van der Waals surface area contributed by atoms with Crippen molar-refractivity contribution in [3.8, 4) is 33.4 Å². The lowest BCUT2D eigenvalue weighted by atomic mass is 10.0. The van der Waals surface area contributed by atoms with E-state index < -0.39 is 0 Å². The van der Waals surface area contributed by atoms with E-state index >= 15 is 0 Å². The van der Waals surface area contributed by atoms with E-state index in [4.69, 9.17) is 14.2 Å². The van der Waals surface area contributed by atoms with Gasteiger partial charge in [0.2, 0.25) is 0 Å². The fourth-order valence-electron chi connectivity index (χ4n) is 4.76. The lowest BCUT2D eigenvalue weighted by molar-refractivity contribution is 0.183. The van der Waals surface area contributed by atoms with Crippen LogP contribution in [0.3, 0.4) is 0 Å². The summed E-state index contributed by atoms with van der Waals surface area (Å²) in [6, 6.07) is 22.8. The van der Waals surface area contributed by atoms with Crippen LogP contribution in [-0.2, 0) is 0 Å². The van der Waals surface area contributed by atoms with Crippen LogP contribution in [-0.4, -0.2) is 55.5 Å². The monoisotopic (exact) mass is 641 g/mol. The summed E-state index contributed by atoms with van der Waals surface area (Å²) in [4.78, 5) is 3.70. The Morgan fingerprint density at radius 3 is 2.17 bits per heavy atom. The Bertz CT molecular complexity index is 1350. The summed E-state index contributed by atoms with van der Waals surface area (Å²) in [5.74, 6) is 6.91. The molecular weight excluding hydrogens is 599 g/mol. The summed E-state index contributed by atoms with van der Waals surface area (Å²) < 4.78 is 19.4. The van der Waals surface area contributed by atoms with E-state index in [9.17, 15) is 0 Å². The van der Waals surface area contributed by atoms with Gasteiger partial charge in [-0.25, -0.2) is 0 Å². The molecule has 0 radical (unpaired) electrons. The molecule has 1 aliphatic rings. The van der Waals surface area contributed by atoms with Gasteiger partial charge in [0.1, 0.15) is 29.6 Å². The maximum Gasteiger partial charge on any atom is 0.143 e. The van der Waals surface area contributed by atoms with Gasteiger partial charge in [0, 0.05) is 33.9 Å². The minimum absolute atomic E-state index is 0.714. The summed E-state index contributed by atoms with van der Waals surface area (Å²) in [7, 11) is 5.55. The van der Waals surface area contributed by atoms with E-state index in [1.165, 1.54) is 52.9 Å². The van der Waals surface area contributed by atoms with Gasteiger partial charge in [-0.3, -0.25) is 4.90 Å². The molecule has 1 fully saturated rings. The van der Waals surface area contributed by atoms with Gasteiger partial charge in [-0.2, -0.15) is 0 Å². The highest BCUT2D eigenvalue weighted by molar-refractivity contribution is 8.76. The zero-order valence-corrected chi connectivity index (χ0v) is 28.5. The zero-order chi connectivity index (χ0) is 29.6. The number of rotatable bonds is 13. The fourth-order valence-corrected chi connectivity index (χ4v) is 8.16. The van der Waals surface area contributed by atoms with Gasteiger partial charge in [0.05, 0.1) is 11.3 Å². The van der Waals surface area contributed by atoms with Gasteiger partial charge in [-0.1, -0.05) is 54.8 Å². The Morgan fingerprint density at radius 2 is 1.48 bits per heavy atom. The van der Waals surface area contributed by atoms with E-state index in [1.807, 2.05) is 75.0 Å². The number of fused-ring (bicyclic) bond motifs is 1. The van der Waals surface area contributed by atoms with E-state index in [0.29, 0.717) is 6.61 Å². The van der Waals surface area contributed by atoms with Crippen molar-refractivity contribution in [1.29, 1.82) is 0 Å². The molecule has 8 heteroatoms. The number of nitrogens with zero attached hydrogens (tertiary/aromatic N) is 1. The van der Waals surface area contributed by atoms with Crippen molar-refractivity contribution in [2.75, 3.05) is 50.6 Å². The number of benzene rings is 3. The molecule has 0 atom stereocenters. The zero-order valence-electron chi connectivity index (χ0n) is 25.2. The van der Waals surface area contributed by atoms with E-state index in [-0.39, 0.29) is 0 Å². The SMILES string of the molecule is CCSSCC.CCSc1ccc(-c2ccc3cc(OC)ccc3c2Oc2ccc(OCCN3CCCCC3)cc2)s1. The predicted octanol–water partition coefficient (Wildman–Crippen LogP) is 10.8.